The standard InChI is InChI=1S/C30H28ClFN6O5/c1-18-27(28(34-43-18)19-4-8-21(32)9-5-19)30(40)37-14-12-36(13-15-37)25-17-24(26(38(41)42)16-23(25)31)33-29(39)20-6-10-22(11-7-20)35(2)3/h4-11,16-17H,12-15H2,1-3H3,(H,33,39). The van der Waals surface area contributed by atoms with Crippen LogP contribution < -0.4 is 15.1 Å². The lowest BCUT2D eigenvalue weighted by atomic mass is 10.0. The van der Waals surface area contributed by atoms with E-state index in [0.717, 1.165) is 5.69 Å². The number of anilines is 3. The van der Waals surface area contributed by atoms with E-state index in [0.29, 0.717) is 60.0 Å². The van der Waals surface area contributed by atoms with E-state index < -0.39 is 16.6 Å². The van der Waals surface area contributed by atoms with Gasteiger partial charge in [-0.05, 0) is 61.5 Å². The van der Waals surface area contributed by atoms with Crippen molar-refractivity contribution < 1.29 is 23.4 Å². The monoisotopic (exact) mass is 606 g/mol. The minimum absolute atomic E-state index is 0.00799. The predicted octanol–water partition coefficient (Wildman–Crippen LogP) is 5.63. The van der Waals surface area contributed by atoms with Gasteiger partial charge in [-0.3, -0.25) is 19.7 Å². The Labute approximate surface area is 251 Å². The van der Waals surface area contributed by atoms with Gasteiger partial charge in [0.2, 0.25) is 0 Å². The Morgan fingerprint density at radius 1 is 1.05 bits per heavy atom. The van der Waals surface area contributed by atoms with E-state index in [2.05, 4.69) is 10.5 Å². The molecule has 222 valence electrons. The Bertz CT molecular complexity index is 1680. The van der Waals surface area contributed by atoms with Crippen molar-refractivity contribution >= 4 is 46.2 Å². The molecule has 1 aromatic heterocycles. The van der Waals surface area contributed by atoms with Crippen molar-refractivity contribution in [1.29, 1.82) is 0 Å². The molecular weight excluding hydrogens is 579 g/mol. The lowest BCUT2D eigenvalue weighted by molar-refractivity contribution is -0.383. The van der Waals surface area contributed by atoms with E-state index in [9.17, 15) is 24.1 Å². The summed E-state index contributed by atoms with van der Waals surface area (Å²) >= 11 is 6.49. The number of piperazine rings is 1. The number of nitro benzene ring substituents is 1. The van der Waals surface area contributed by atoms with Crippen molar-refractivity contribution in [3.05, 3.63) is 98.5 Å². The number of amides is 2. The highest BCUT2D eigenvalue weighted by molar-refractivity contribution is 6.33. The molecule has 0 saturated carbocycles. The zero-order valence-corrected chi connectivity index (χ0v) is 24.4. The van der Waals surface area contributed by atoms with E-state index in [4.69, 9.17) is 16.1 Å². The van der Waals surface area contributed by atoms with Crippen molar-refractivity contribution in [2.75, 3.05) is 55.4 Å². The lowest BCUT2D eigenvalue weighted by Gasteiger charge is -2.36. The normalized spacial score (nSPS) is 13.1. The largest absolute Gasteiger partial charge is 0.378 e. The fraction of sp³-hybridized carbons (Fsp3) is 0.233. The van der Waals surface area contributed by atoms with E-state index in [1.165, 1.54) is 36.4 Å². The molecule has 2 heterocycles. The minimum atomic E-state index is -0.600. The van der Waals surface area contributed by atoms with Crippen molar-refractivity contribution in [2.24, 2.45) is 0 Å². The molecule has 0 bridgehead atoms. The van der Waals surface area contributed by atoms with Gasteiger partial charge in [-0.1, -0.05) is 16.8 Å². The summed E-state index contributed by atoms with van der Waals surface area (Å²) in [5.41, 5.74) is 2.60. The number of hydrogen-bond donors (Lipinski definition) is 1. The van der Waals surface area contributed by atoms with Gasteiger partial charge in [0, 0.05) is 63.2 Å². The molecule has 1 fully saturated rings. The van der Waals surface area contributed by atoms with Gasteiger partial charge in [-0.15, -0.1) is 0 Å². The van der Waals surface area contributed by atoms with Crippen LogP contribution in [0, 0.1) is 22.9 Å². The van der Waals surface area contributed by atoms with Gasteiger partial charge in [0.25, 0.3) is 17.5 Å². The Morgan fingerprint density at radius 3 is 2.30 bits per heavy atom. The third kappa shape index (κ3) is 6.14. The quantitative estimate of drug-likeness (QED) is 0.212. The molecule has 1 saturated heterocycles. The summed E-state index contributed by atoms with van der Waals surface area (Å²) in [5.74, 6) is -0.833. The van der Waals surface area contributed by atoms with E-state index in [1.807, 2.05) is 23.9 Å². The highest BCUT2D eigenvalue weighted by atomic mass is 35.5. The second kappa shape index (κ2) is 12.1. The van der Waals surface area contributed by atoms with Gasteiger partial charge in [-0.2, -0.15) is 0 Å². The second-order valence-electron chi connectivity index (χ2n) is 10.2. The van der Waals surface area contributed by atoms with Gasteiger partial charge in [0.1, 0.15) is 28.5 Å². The number of benzene rings is 3. The number of nitrogens with one attached hydrogen (secondary N) is 1. The summed E-state index contributed by atoms with van der Waals surface area (Å²) in [6.07, 6.45) is 0. The molecule has 0 spiro atoms. The molecule has 1 aliphatic heterocycles. The third-order valence-electron chi connectivity index (χ3n) is 7.26. The van der Waals surface area contributed by atoms with Crippen molar-refractivity contribution in [3.63, 3.8) is 0 Å². The van der Waals surface area contributed by atoms with Crippen LogP contribution in [0.4, 0.5) is 27.1 Å². The molecule has 1 N–H and O–H groups in total. The maximum atomic E-state index is 13.5. The third-order valence-corrected chi connectivity index (χ3v) is 7.56. The molecule has 0 aliphatic carbocycles. The van der Waals surface area contributed by atoms with Crippen LogP contribution in [0.25, 0.3) is 11.3 Å². The average Bonchev–Trinajstić information content (AvgIpc) is 3.38. The van der Waals surface area contributed by atoms with Gasteiger partial charge in [0.15, 0.2) is 0 Å². The molecule has 0 unspecified atom stereocenters. The second-order valence-corrected chi connectivity index (χ2v) is 10.6. The Balaban J connectivity index is 1.33. The van der Waals surface area contributed by atoms with Gasteiger partial charge in [-0.25, -0.2) is 4.39 Å². The first kappa shape index (κ1) is 29.5. The summed E-state index contributed by atoms with van der Waals surface area (Å²) < 4.78 is 18.7. The first-order valence-corrected chi connectivity index (χ1v) is 13.7. The highest BCUT2D eigenvalue weighted by Gasteiger charge is 2.30. The van der Waals surface area contributed by atoms with Crippen LogP contribution in [0.5, 0.6) is 0 Å². The Morgan fingerprint density at radius 2 is 1.70 bits per heavy atom. The Kier molecular flexibility index (Phi) is 8.31. The molecule has 1 aliphatic rings. The fourth-order valence-corrected chi connectivity index (χ4v) is 5.17. The summed E-state index contributed by atoms with van der Waals surface area (Å²) in [6.45, 7) is 3.03. The fourth-order valence-electron chi connectivity index (χ4n) is 4.89. The highest BCUT2D eigenvalue weighted by Crippen LogP contribution is 2.37. The number of halogens is 2. The van der Waals surface area contributed by atoms with E-state index in [-0.39, 0.29) is 22.3 Å². The van der Waals surface area contributed by atoms with E-state index in [1.54, 1.807) is 36.1 Å². The van der Waals surface area contributed by atoms with E-state index >= 15 is 0 Å². The molecule has 11 nitrogen and oxygen atoms in total. The number of aryl methyl sites for hydroxylation is 1. The summed E-state index contributed by atoms with van der Waals surface area (Å²) in [7, 11) is 3.76. The van der Waals surface area contributed by atoms with Crippen molar-refractivity contribution in [1.82, 2.24) is 10.1 Å². The predicted molar refractivity (Wildman–Crippen MR) is 162 cm³/mol. The van der Waals surface area contributed by atoms with Crippen LogP contribution >= 0.6 is 11.6 Å². The van der Waals surface area contributed by atoms with Crippen LogP contribution in [-0.2, 0) is 0 Å². The number of aromatic nitrogens is 1. The SMILES string of the molecule is Cc1onc(-c2ccc(F)cc2)c1C(=O)N1CCN(c2cc(NC(=O)c3ccc(N(C)C)cc3)c([N+](=O)[O-])cc2Cl)CC1. The average molecular weight is 607 g/mol. The summed E-state index contributed by atoms with van der Waals surface area (Å²) in [5, 5.41) is 18.6. The van der Waals surface area contributed by atoms with Crippen LogP contribution in [0.3, 0.4) is 0 Å². The molecule has 2 amide bonds. The zero-order valence-electron chi connectivity index (χ0n) is 23.6. The Hall–Kier alpha value is -4.97. The molecule has 5 rings (SSSR count). The molecule has 0 radical (unpaired) electrons. The zero-order chi connectivity index (χ0) is 30.8. The number of rotatable bonds is 7. The first-order chi connectivity index (χ1) is 20.5. The number of carbonyl (C=O) groups excluding carboxylic acids is 2. The first-order valence-electron chi connectivity index (χ1n) is 13.4. The molecule has 4 aromatic rings. The smallest absolute Gasteiger partial charge is 0.294 e. The number of nitrogens with zero attached hydrogens (tertiary/aromatic N) is 5. The number of nitro groups is 1. The van der Waals surface area contributed by atoms with Crippen LogP contribution in [0.2, 0.25) is 5.02 Å². The molecule has 13 heteroatoms. The minimum Gasteiger partial charge on any atom is -0.378 e. The topological polar surface area (TPSA) is 125 Å². The van der Waals surface area contributed by atoms with Crippen LogP contribution in [-0.4, -0.2) is 67.1 Å². The molecule has 3 aromatic carbocycles. The lowest BCUT2D eigenvalue weighted by Crippen LogP contribution is -2.49. The van der Waals surface area contributed by atoms with Crippen LogP contribution in [0.15, 0.2) is 65.2 Å². The summed E-state index contributed by atoms with van der Waals surface area (Å²) in [4.78, 5) is 43.2. The molecule has 0 atom stereocenters. The molecular formula is C30H28ClFN6O5. The van der Waals surface area contributed by atoms with Gasteiger partial charge in [0.05, 0.1) is 15.6 Å². The molecule has 43 heavy (non-hydrogen) atoms. The van der Waals surface area contributed by atoms with Gasteiger partial charge >= 0.3 is 0 Å². The van der Waals surface area contributed by atoms with Crippen molar-refractivity contribution in [3.8, 4) is 11.3 Å². The number of carbonyl (C=O) groups is 2. The number of hydrogen-bond acceptors (Lipinski definition) is 8. The maximum Gasteiger partial charge on any atom is 0.294 e. The summed E-state index contributed by atoms with van der Waals surface area (Å²) in [6, 6.07) is 15.2. The maximum absolute atomic E-state index is 13.5. The van der Waals surface area contributed by atoms with Crippen molar-refractivity contribution in [2.45, 2.75) is 6.92 Å². The van der Waals surface area contributed by atoms with Crippen LogP contribution in [0.1, 0.15) is 26.5 Å². The van der Waals surface area contributed by atoms with Gasteiger partial charge < -0.3 is 24.5 Å².